The molecule has 1 aliphatic rings. The van der Waals surface area contributed by atoms with Crippen molar-refractivity contribution in [3.8, 4) is 0 Å². The lowest BCUT2D eigenvalue weighted by Crippen LogP contribution is -2.58. The van der Waals surface area contributed by atoms with Crippen LogP contribution in [-0.2, 0) is 0 Å². The predicted molar refractivity (Wildman–Crippen MR) is 62.5 cm³/mol. The van der Waals surface area contributed by atoms with Gasteiger partial charge in [-0.3, -0.25) is 0 Å². The monoisotopic (exact) mass is 302 g/mol. The maximum atomic E-state index is 6.14. The van der Waals surface area contributed by atoms with Crippen molar-refractivity contribution >= 4 is 69.6 Å². The number of halogens is 6. The third-order valence-corrected chi connectivity index (χ3v) is 6.49. The lowest BCUT2D eigenvalue weighted by Gasteiger charge is -2.44. The lowest BCUT2D eigenvalue weighted by molar-refractivity contribution is 0.444. The fourth-order valence-corrected chi connectivity index (χ4v) is 3.67. The SMILES string of the molecule is CC1(Cl)C(Cl)C(Cl)C(Cl)C(Cl)C1Cl. The van der Waals surface area contributed by atoms with Crippen molar-refractivity contribution in [2.24, 2.45) is 0 Å². The smallest absolute Gasteiger partial charge is 0.0774 e. The molecule has 0 spiro atoms. The third kappa shape index (κ3) is 2.14. The van der Waals surface area contributed by atoms with Crippen molar-refractivity contribution < 1.29 is 0 Å². The lowest BCUT2D eigenvalue weighted by atomic mass is 9.87. The van der Waals surface area contributed by atoms with Gasteiger partial charge in [0.25, 0.3) is 0 Å². The van der Waals surface area contributed by atoms with Crippen molar-refractivity contribution in [3.63, 3.8) is 0 Å². The van der Waals surface area contributed by atoms with Crippen molar-refractivity contribution in [1.29, 1.82) is 0 Å². The molecule has 0 nitrogen and oxygen atoms in total. The van der Waals surface area contributed by atoms with Crippen molar-refractivity contribution in [3.05, 3.63) is 0 Å². The molecular formula is C7H8Cl6. The summed E-state index contributed by atoms with van der Waals surface area (Å²) in [5, 5.41) is -2.38. The molecule has 0 bridgehead atoms. The summed E-state index contributed by atoms with van der Waals surface area (Å²) in [5.74, 6) is 0. The molecule has 6 heteroatoms. The number of alkyl halides is 6. The van der Waals surface area contributed by atoms with Crippen molar-refractivity contribution in [2.45, 2.75) is 38.7 Å². The van der Waals surface area contributed by atoms with E-state index in [1.54, 1.807) is 6.92 Å². The van der Waals surface area contributed by atoms with Crippen LogP contribution in [0.25, 0.3) is 0 Å². The molecule has 1 rings (SSSR count). The third-order valence-electron chi connectivity index (χ3n) is 2.25. The van der Waals surface area contributed by atoms with Gasteiger partial charge in [0.15, 0.2) is 0 Å². The molecule has 1 saturated carbocycles. The molecule has 0 aromatic carbocycles. The molecule has 0 radical (unpaired) electrons. The maximum Gasteiger partial charge on any atom is 0.0774 e. The van der Waals surface area contributed by atoms with Gasteiger partial charge in [0, 0.05) is 0 Å². The van der Waals surface area contributed by atoms with Crippen LogP contribution in [-0.4, -0.2) is 31.8 Å². The summed E-state index contributed by atoms with van der Waals surface area (Å²) in [6.45, 7) is 1.72. The first-order valence-corrected chi connectivity index (χ1v) is 6.25. The molecule has 0 aliphatic heterocycles. The van der Waals surface area contributed by atoms with Crippen LogP contribution in [0.1, 0.15) is 6.92 Å². The second-order valence-corrected chi connectivity index (χ2v) is 6.55. The standard InChI is InChI=1S/C7H8Cl6/c1-7(13)5(11)3(9)2(8)4(10)6(7)12/h2-6H,1H3. The number of rotatable bonds is 0. The predicted octanol–water partition coefficient (Wildman–Crippen LogP) is 4.03. The Balaban J connectivity index is 2.93. The second kappa shape index (κ2) is 4.31. The minimum atomic E-state index is -0.826. The molecule has 4 unspecified atom stereocenters. The highest BCUT2D eigenvalue weighted by molar-refractivity contribution is 6.46. The van der Waals surface area contributed by atoms with E-state index in [0.717, 1.165) is 0 Å². The zero-order valence-electron chi connectivity index (χ0n) is 6.65. The second-order valence-electron chi connectivity index (χ2n) is 3.29. The van der Waals surface area contributed by atoms with Crippen LogP contribution >= 0.6 is 69.6 Å². The molecule has 78 valence electrons. The first-order valence-electron chi connectivity index (χ1n) is 3.69. The first kappa shape index (κ1) is 12.8. The average molecular weight is 305 g/mol. The summed E-state index contributed by atoms with van der Waals surface area (Å²) in [6.07, 6.45) is 0. The van der Waals surface area contributed by atoms with E-state index in [4.69, 9.17) is 69.6 Å². The Morgan fingerprint density at radius 3 is 1.38 bits per heavy atom. The normalized spacial score (nSPS) is 57.9. The van der Waals surface area contributed by atoms with Crippen LogP contribution in [0.3, 0.4) is 0 Å². The van der Waals surface area contributed by atoms with Gasteiger partial charge in [-0.1, -0.05) is 0 Å². The number of hydrogen-bond acceptors (Lipinski definition) is 0. The van der Waals surface area contributed by atoms with Crippen LogP contribution < -0.4 is 0 Å². The van der Waals surface area contributed by atoms with Gasteiger partial charge in [-0.15, -0.1) is 69.6 Å². The molecule has 0 amide bonds. The molecule has 0 heterocycles. The van der Waals surface area contributed by atoms with Crippen molar-refractivity contribution in [1.82, 2.24) is 0 Å². The fourth-order valence-electron chi connectivity index (χ4n) is 1.27. The summed E-state index contributed by atoms with van der Waals surface area (Å²) in [5.41, 5.74) is 0. The Hall–Kier alpha value is 1.74. The summed E-state index contributed by atoms with van der Waals surface area (Å²) >= 11 is 36.1. The molecule has 0 N–H and O–H groups in total. The Kier molecular flexibility index (Phi) is 4.25. The largest absolute Gasteiger partial charge is 0.120 e. The summed E-state index contributed by atoms with van der Waals surface area (Å²) in [7, 11) is 0. The highest BCUT2D eigenvalue weighted by Gasteiger charge is 2.54. The van der Waals surface area contributed by atoms with Gasteiger partial charge in [-0.2, -0.15) is 0 Å². The van der Waals surface area contributed by atoms with Crippen LogP contribution in [0, 0.1) is 0 Å². The highest BCUT2D eigenvalue weighted by atomic mass is 35.5. The Labute approximate surface area is 108 Å². The Bertz CT molecular complexity index is 175. The highest BCUT2D eigenvalue weighted by Crippen LogP contribution is 2.46. The van der Waals surface area contributed by atoms with Gasteiger partial charge in [-0.25, -0.2) is 0 Å². The quantitative estimate of drug-likeness (QED) is 0.593. The molecule has 1 aliphatic carbocycles. The Morgan fingerprint density at radius 1 is 0.769 bits per heavy atom. The van der Waals surface area contributed by atoms with E-state index >= 15 is 0 Å². The minimum Gasteiger partial charge on any atom is -0.120 e. The van der Waals surface area contributed by atoms with Gasteiger partial charge < -0.3 is 0 Å². The fraction of sp³-hybridized carbons (Fsp3) is 1.00. The van der Waals surface area contributed by atoms with Gasteiger partial charge in [0.2, 0.25) is 0 Å². The molecule has 0 saturated heterocycles. The van der Waals surface area contributed by atoms with E-state index < -0.39 is 31.8 Å². The van der Waals surface area contributed by atoms with E-state index in [1.165, 1.54) is 0 Å². The molecule has 13 heavy (non-hydrogen) atoms. The van der Waals surface area contributed by atoms with Crippen LogP contribution in [0.5, 0.6) is 0 Å². The molecule has 0 aromatic heterocycles. The Morgan fingerprint density at radius 2 is 1.08 bits per heavy atom. The zero-order valence-corrected chi connectivity index (χ0v) is 11.2. The molecule has 0 aromatic rings. The molecule has 1 fully saturated rings. The van der Waals surface area contributed by atoms with Gasteiger partial charge in [0.05, 0.1) is 31.8 Å². The van der Waals surface area contributed by atoms with Crippen molar-refractivity contribution in [2.75, 3.05) is 0 Å². The zero-order chi connectivity index (χ0) is 10.4. The van der Waals surface area contributed by atoms with E-state index in [1.807, 2.05) is 0 Å². The maximum absolute atomic E-state index is 6.14. The average Bonchev–Trinajstić information content (AvgIpc) is 2.09. The van der Waals surface area contributed by atoms with Gasteiger partial charge in [-0.05, 0) is 6.92 Å². The van der Waals surface area contributed by atoms with Crippen LogP contribution in [0.4, 0.5) is 0 Å². The van der Waals surface area contributed by atoms with E-state index in [2.05, 4.69) is 0 Å². The topological polar surface area (TPSA) is 0 Å². The minimum absolute atomic E-state index is 0.458. The van der Waals surface area contributed by atoms with Gasteiger partial charge >= 0.3 is 0 Å². The van der Waals surface area contributed by atoms with E-state index in [0.29, 0.717) is 0 Å². The van der Waals surface area contributed by atoms with Crippen LogP contribution in [0.2, 0.25) is 0 Å². The summed E-state index contributed by atoms with van der Waals surface area (Å²) < 4.78 is 0. The first-order chi connectivity index (χ1) is 5.80. The van der Waals surface area contributed by atoms with Crippen LogP contribution in [0.15, 0.2) is 0 Å². The molecule has 4 atom stereocenters. The number of hydrogen-bond donors (Lipinski definition) is 0. The van der Waals surface area contributed by atoms with E-state index in [9.17, 15) is 0 Å². The van der Waals surface area contributed by atoms with Gasteiger partial charge in [0.1, 0.15) is 0 Å². The summed E-state index contributed by atoms with van der Waals surface area (Å²) in [6, 6.07) is 0. The summed E-state index contributed by atoms with van der Waals surface area (Å²) in [4.78, 5) is -0.826. The van der Waals surface area contributed by atoms with E-state index in [-0.39, 0.29) is 0 Å². The molecular weight excluding hydrogens is 297 g/mol.